The van der Waals surface area contributed by atoms with E-state index in [4.69, 9.17) is 17.0 Å². The van der Waals surface area contributed by atoms with Crippen molar-refractivity contribution in [2.45, 2.75) is 122 Å². The number of hydrogen-bond donors (Lipinski definition) is 2. The third-order valence-corrected chi connectivity index (χ3v) is 8.99. The van der Waals surface area contributed by atoms with Gasteiger partial charge in [0, 0.05) is 32.2 Å². The van der Waals surface area contributed by atoms with Crippen molar-refractivity contribution in [2.75, 3.05) is 19.6 Å². The van der Waals surface area contributed by atoms with Crippen molar-refractivity contribution >= 4 is 29.2 Å². The number of amides is 2. The fourth-order valence-corrected chi connectivity index (χ4v) is 6.72. The molecule has 0 aromatic heterocycles. The second-order valence-corrected chi connectivity index (χ2v) is 13.5. The molecule has 2 saturated heterocycles. The summed E-state index contributed by atoms with van der Waals surface area (Å²) in [6.07, 6.45) is 11.5. The number of piperidine rings is 1. The molecule has 2 N–H and O–H groups in total. The standard InChI is InChI=1S/C32H50N4O3S/c1-32(2,3)39-31(38)36-20-10-15-28(36)29(37)34-27(17-16-24-11-6-4-7-12-24)30(40)33-26-18-21-35(22-19-26)23-25-13-8-5-9-14-25/h5,8-9,13-14,24,26-28H,4,6-7,10-12,15-23H2,1-3H3,(H,33,40)(H,34,37)/t27-,28+/m1/s1. The maximum absolute atomic E-state index is 13.5. The Morgan fingerprint density at radius 2 is 1.68 bits per heavy atom. The van der Waals surface area contributed by atoms with E-state index in [0.717, 1.165) is 56.7 Å². The molecule has 1 saturated carbocycles. The number of carbonyl (C=O) groups excluding carboxylic acids is 2. The zero-order valence-corrected chi connectivity index (χ0v) is 25.6. The normalized spacial score (nSPS) is 22.1. The Bertz CT molecular complexity index is 968. The van der Waals surface area contributed by atoms with Crippen LogP contribution in [0.25, 0.3) is 0 Å². The molecule has 0 spiro atoms. The van der Waals surface area contributed by atoms with Crippen LogP contribution in [0.3, 0.4) is 0 Å². The zero-order valence-electron chi connectivity index (χ0n) is 24.8. The van der Waals surface area contributed by atoms with Crippen molar-refractivity contribution < 1.29 is 14.3 Å². The quantitative estimate of drug-likeness (QED) is 0.365. The lowest BCUT2D eigenvalue weighted by Crippen LogP contribution is -2.55. The molecular formula is C32H50N4O3S. The van der Waals surface area contributed by atoms with Crippen LogP contribution in [0.15, 0.2) is 30.3 Å². The van der Waals surface area contributed by atoms with E-state index < -0.39 is 17.7 Å². The van der Waals surface area contributed by atoms with Crippen LogP contribution in [0.1, 0.15) is 97.0 Å². The summed E-state index contributed by atoms with van der Waals surface area (Å²) in [5.74, 6) is 0.598. The first-order valence-electron chi connectivity index (χ1n) is 15.5. The number of ether oxygens (including phenoxy) is 1. The highest BCUT2D eigenvalue weighted by molar-refractivity contribution is 7.80. The summed E-state index contributed by atoms with van der Waals surface area (Å²) >= 11 is 5.96. The molecule has 3 fully saturated rings. The van der Waals surface area contributed by atoms with Crippen molar-refractivity contribution in [1.82, 2.24) is 20.4 Å². The molecule has 1 aliphatic carbocycles. The van der Waals surface area contributed by atoms with Gasteiger partial charge in [0.1, 0.15) is 11.6 Å². The van der Waals surface area contributed by atoms with Crippen LogP contribution in [0.2, 0.25) is 0 Å². The highest BCUT2D eigenvalue weighted by Gasteiger charge is 2.38. The van der Waals surface area contributed by atoms with E-state index in [9.17, 15) is 9.59 Å². The van der Waals surface area contributed by atoms with Gasteiger partial charge in [-0.1, -0.05) is 74.7 Å². The molecule has 1 aromatic carbocycles. The van der Waals surface area contributed by atoms with Crippen LogP contribution in [0.5, 0.6) is 0 Å². The topological polar surface area (TPSA) is 73.9 Å². The fraction of sp³-hybridized carbons (Fsp3) is 0.719. The Hall–Kier alpha value is -2.19. The predicted octanol–water partition coefficient (Wildman–Crippen LogP) is 5.81. The van der Waals surface area contributed by atoms with E-state index in [1.165, 1.54) is 37.7 Å². The summed E-state index contributed by atoms with van der Waals surface area (Å²) in [6.45, 7) is 9.15. The fourth-order valence-electron chi connectivity index (χ4n) is 6.37. The molecule has 2 aliphatic heterocycles. The molecule has 0 radical (unpaired) electrons. The third-order valence-electron chi connectivity index (χ3n) is 8.59. The van der Waals surface area contributed by atoms with Crippen molar-refractivity contribution in [3.63, 3.8) is 0 Å². The summed E-state index contributed by atoms with van der Waals surface area (Å²) in [4.78, 5) is 31.2. The van der Waals surface area contributed by atoms with Crippen LogP contribution < -0.4 is 10.6 Å². The third kappa shape index (κ3) is 9.44. The van der Waals surface area contributed by atoms with Gasteiger partial charge in [0.25, 0.3) is 0 Å². The van der Waals surface area contributed by atoms with Gasteiger partial charge in [0.15, 0.2) is 0 Å². The van der Waals surface area contributed by atoms with Gasteiger partial charge >= 0.3 is 6.09 Å². The van der Waals surface area contributed by atoms with Gasteiger partial charge in [-0.15, -0.1) is 0 Å². The number of likely N-dealkylation sites (tertiary alicyclic amines) is 2. The van der Waals surface area contributed by atoms with E-state index in [-0.39, 0.29) is 11.9 Å². The first-order valence-corrected chi connectivity index (χ1v) is 16.0. The Morgan fingerprint density at radius 1 is 0.975 bits per heavy atom. The molecule has 2 amide bonds. The number of rotatable bonds is 9. The molecule has 2 atom stereocenters. The number of thiocarbonyl (C=S) groups is 1. The van der Waals surface area contributed by atoms with Crippen molar-refractivity contribution in [3.8, 4) is 0 Å². The average molecular weight is 571 g/mol. The lowest BCUT2D eigenvalue weighted by atomic mass is 9.85. The Labute approximate surface area is 246 Å². The summed E-state index contributed by atoms with van der Waals surface area (Å²) < 4.78 is 5.59. The van der Waals surface area contributed by atoms with Crippen LogP contribution in [0.4, 0.5) is 4.79 Å². The minimum atomic E-state index is -0.592. The van der Waals surface area contributed by atoms with E-state index in [1.54, 1.807) is 4.90 Å². The lowest BCUT2D eigenvalue weighted by Gasteiger charge is -2.35. The van der Waals surface area contributed by atoms with Crippen LogP contribution in [0, 0.1) is 5.92 Å². The minimum Gasteiger partial charge on any atom is -0.444 e. The summed E-state index contributed by atoms with van der Waals surface area (Å²) in [5.41, 5.74) is 0.757. The average Bonchev–Trinajstić information content (AvgIpc) is 3.43. The van der Waals surface area contributed by atoms with Gasteiger partial charge in [0.05, 0.1) is 11.0 Å². The summed E-state index contributed by atoms with van der Waals surface area (Å²) in [7, 11) is 0. The Balaban J connectivity index is 1.33. The summed E-state index contributed by atoms with van der Waals surface area (Å²) in [6, 6.07) is 10.2. The largest absolute Gasteiger partial charge is 0.444 e. The Morgan fingerprint density at radius 3 is 2.35 bits per heavy atom. The van der Waals surface area contributed by atoms with E-state index in [0.29, 0.717) is 24.9 Å². The van der Waals surface area contributed by atoms with Gasteiger partial charge in [-0.2, -0.15) is 0 Å². The van der Waals surface area contributed by atoms with Crippen LogP contribution in [-0.4, -0.2) is 70.1 Å². The Kier molecular flexibility index (Phi) is 11.2. The minimum absolute atomic E-state index is 0.112. The highest BCUT2D eigenvalue weighted by atomic mass is 32.1. The molecule has 222 valence electrons. The molecule has 3 aliphatic rings. The monoisotopic (exact) mass is 570 g/mol. The SMILES string of the molecule is CC(C)(C)OC(=O)N1CCC[C@H]1C(=O)N[C@H](CCC1CCCCC1)C(=S)NC1CCN(Cc2ccccc2)CC1. The predicted molar refractivity (Wildman–Crippen MR) is 164 cm³/mol. The molecule has 8 heteroatoms. The smallest absolute Gasteiger partial charge is 0.410 e. The molecule has 7 nitrogen and oxygen atoms in total. The number of nitrogens with zero attached hydrogens (tertiary/aromatic N) is 2. The number of carbonyl (C=O) groups is 2. The summed E-state index contributed by atoms with van der Waals surface area (Å²) in [5, 5.41) is 6.91. The van der Waals surface area contributed by atoms with Gasteiger partial charge in [-0.3, -0.25) is 14.6 Å². The molecule has 1 aromatic rings. The van der Waals surface area contributed by atoms with Gasteiger partial charge in [-0.25, -0.2) is 4.79 Å². The van der Waals surface area contributed by atoms with Gasteiger partial charge in [0.2, 0.25) is 5.91 Å². The van der Waals surface area contributed by atoms with Crippen LogP contribution in [-0.2, 0) is 16.1 Å². The molecule has 2 heterocycles. The maximum atomic E-state index is 13.5. The molecule has 0 unspecified atom stereocenters. The number of hydrogen-bond acceptors (Lipinski definition) is 5. The van der Waals surface area contributed by atoms with Crippen molar-refractivity contribution in [3.05, 3.63) is 35.9 Å². The molecule has 0 bridgehead atoms. The first kappa shape index (κ1) is 30.8. The lowest BCUT2D eigenvalue weighted by molar-refractivity contribution is -0.125. The molecule has 40 heavy (non-hydrogen) atoms. The van der Waals surface area contributed by atoms with Crippen molar-refractivity contribution in [2.24, 2.45) is 5.92 Å². The number of benzene rings is 1. The van der Waals surface area contributed by atoms with E-state index >= 15 is 0 Å². The van der Waals surface area contributed by atoms with Gasteiger partial charge in [-0.05, 0) is 70.8 Å². The first-order chi connectivity index (χ1) is 19.2. The van der Waals surface area contributed by atoms with E-state index in [2.05, 4.69) is 45.9 Å². The van der Waals surface area contributed by atoms with Crippen LogP contribution >= 0.6 is 12.2 Å². The second kappa shape index (κ2) is 14.6. The molecular weight excluding hydrogens is 520 g/mol. The highest BCUT2D eigenvalue weighted by Crippen LogP contribution is 2.28. The maximum Gasteiger partial charge on any atom is 0.410 e. The van der Waals surface area contributed by atoms with Crippen molar-refractivity contribution in [1.29, 1.82) is 0 Å². The van der Waals surface area contributed by atoms with E-state index in [1.807, 2.05) is 20.8 Å². The van der Waals surface area contributed by atoms with Gasteiger partial charge < -0.3 is 15.4 Å². The molecule has 4 rings (SSSR count). The number of nitrogens with one attached hydrogen (secondary N) is 2. The second-order valence-electron chi connectivity index (χ2n) is 13.0. The zero-order chi connectivity index (χ0) is 28.5.